The Hall–Kier alpha value is -1.04. The third-order valence-electron chi connectivity index (χ3n) is 8.77. The molecule has 2 N–H and O–H groups in total. The number of allylic oxidation sites excluding steroid dienone is 4. The lowest BCUT2D eigenvalue weighted by Crippen LogP contribution is -2.69. The molecule has 0 aromatic rings. The van der Waals surface area contributed by atoms with Crippen molar-refractivity contribution in [3.63, 3.8) is 0 Å². The van der Waals surface area contributed by atoms with Gasteiger partial charge in [-0.3, -0.25) is 9.59 Å². The maximum atomic E-state index is 16.9. The average molecular weight is 411 g/mol. The number of aliphatic hydroxyl groups excluding tert-OH is 1. The molecule has 4 nitrogen and oxygen atoms in total. The van der Waals surface area contributed by atoms with Crippen LogP contribution in [0.5, 0.6) is 0 Å². The maximum absolute atomic E-state index is 16.9. The first-order valence-electron chi connectivity index (χ1n) is 10.1. The molecule has 6 heteroatoms. The fraction of sp³-hybridized carbons (Fsp3) is 0.727. The molecule has 3 saturated carbocycles. The van der Waals surface area contributed by atoms with E-state index in [1.165, 1.54) is 12.2 Å². The number of carbonyl (C=O) groups is 2. The van der Waals surface area contributed by atoms with Gasteiger partial charge in [0, 0.05) is 16.7 Å². The molecular weight excluding hydrogens is 383 g/mol. The van der Waals surface area contributed by atoms with E-state index in [0.29, 0.717) is 19.3 Å². The normalized spacial score (nSPS) is 52.5. The summed E-state index contributed by atoms with van der Waals surface area (Å²) < 4.78 is 16.9. The monoisotopic (exact) mass is 410 g/mol. The molecule has 4 aliphatic rings. The van der Waals surface area contributed by atoms with Crippen molar-refractivity contribution >= 4 is 23.2 Å². The second kappa shape index (κ2) is 5.99. The van der Waals surface area contributed by atoms with Crippen molar-refractivity contribution in [2.45, 2.75) is 63.8 Å². The van der Waals surface area contributed by atoms with Gasteiger partial charge in [-0.25, -0.2) is 4.39 Å². The Bertz CT molecular complexity index is 808. The lowest BCUT2D eigenvalue weighted by molar-refractivity contribution is -0.218. The highest BCUT2D eigenvalue weighted by molar-refractivity contribution is 6.29. The largest absolute Gasteiger partial charge is 0.390 e. The molecule has 28 heavy (non-hydrogen) atoms. The highest BCUT2D eigenvalue weighted by Gasteiger charge is 2.75. The van der Waals surface area contributed by atoms with Gasteiger partial charge in [-0.15, -0.1) is 11.6 Å². The summed E-state index contributed by atoms with van der Waals surface area (Å²) in [6.07, 6.45) is 4.69. The van der Waals surface area contributed by atoms with Crippen molar-refractivity contribution < 1.29 is 24.2 Å². The van der Waals surface area contributed by atoms with Gasteiger partial charge in [0.05, 0.1) is 12.0 Å². The molecule has 0 radical (unpaired) electrons. The van der Waals surface area contributed by atoms with Crippen LogP contribution in [-0.2, 0) is 9.59 Å². The van der Waals surface area contributed by atoms with Gasteiger partial charge >= 0.3 is 0 Å². The van der Waals surface area contributed by atoms with E-state index in [2.05, 4.69) is 0 Å². The van der Waals surface area contributed by atoms with Crippen LogP contribution in [0.15, 0.2) is 23.8 Å². The van der Waals surface area contributed by atoms with Crippen LogP contribution in [0.3, 0.4) is 0 Å². The van der Waals surface area contributed by atoms with Gasteiger partial charge < -0.3 is 10.2 Å². The van der Waals surface area contributed by atoms with E-state index in [4.69, 9.17) is 11.6 Å². The van der Waals surface area contributed by atoms with Crippen molar-refractivity contribution in [3.8, 4) is 0 Å². The summed E-state index contributed by atoms with van der Waals surface area (Å²) in [4.78, 5) is 24.5. The summed E-state index contributed by atoms with van der Waals surface area (Å²) in [5.41, 5.74) is -4.90. The Morgan fingerprint density at radius 2 is 2.04 bits per heavy atom. The fourth-order valence-corrected chi connectivity index (χ4v) is 7.45. The molecule has 0 aromatic carbocycles. The first-order chi connectivity index (χ1) is 13.0. The number of alkyl halides is 2. The molecule has 0 aliphatic heterocycles. The van der Waals surface area contributed by atoms with Crippen LogP contribution in [-0.4, -0.2) is 45.0 Å². The quantitative estimate of drug-likeness (QED) is 0.686. The summed E-state index contributed by atoms with van der Waals surface area (Å²) >= 11 is 5.81. The zero-order valence-corrected chi connectivity index (χ0v) is 17.3. The van der Waals surface area contributed by atoms with E-state index in [1.807, 2.05) is 13.8 Å². The van der Waals surface area contributed by atoms with Crippen molar-refractivity contribution in [2.75, 3.05) is 5.88 Å². The van der Waals surface area contributed by atoms with Crippen molar-refractivity contribution in [3.05, 3.63) is 23.8 Å². The Balaban J connectivity index is 1.84. The number of carbonyl (C=O) groups excluding carboxylic acids is 2. The molecular formula is C22H28ClFO4. The van der Waals surface area contributed by atoms with E-state index in [1.54, 1.807) is 13.0 Å². The van der Waals surface area contributed by atoms with Crippen molar-refractivity contribution in [2.24, 2.45) is 28.6 Å². The molecule has 0 spiro atoms. The van der Waals surface area contributed by atoms with Gasteiger partial charge in [0.25, 0.3) is 0 Å². The maximum Gasteiger partial charge on any atom is 0.179 e. The molecule has 154 valence electrons. The second-order valence-corrected chi connectivity index (χ2v) is 9.99. The van der Waals surface area contributed by atoms with Gasteiger partial charge in [-0.2, -0.15) is 0 Å². The van der Waals surface area contributed by atoms with E-state index in [9.17, 15) is 19.8 Å². The van der Waals surface area contributed by atoms with Crippen LogP contribution in [0.4, 0.5) is 4.39 Å². The summed E-state index contributed by atoms with van der Waals surface area (Å²) in [5, 5.41) is 22.6. The number of hydrogen-bond acceptors (Lipinski definition) is 4. The average Bonchev–Trinajstić information content (AvgIpc) is 2.84. The molecule has 0 aromatic heterocycles. The molecule has 0 heterocycles. The van der Waals surface area contributed by atoms with Gasteiger partial charge in [-0.05, 0) is 56.6 Å². The number of Topliss-reactive ketones (excluding diaryl/α,β-unsaturated/α-hetero) is 1. The second-order valence-electron chi connectivity index (χ2n) is 9.72. The number of aliphatic hydroxyl groups is 2. The third kappa shape index (κ3) is 2.08. The number of ketones is 2. The van der Waals surface area contributed by atoms with Gasteiger partial charge in [-0.1, -0.05) is 25.5 Å². The first kappa shape index (κ1) is 20.2. The highest BCUT2D eigenvalue weighted by Crippen LogP contribution is 2.70. The van der Waals surface area contributed by atoms with Crippen molar-refractivity contribution in [1.29, 1.82) is 0 Å². The molecule has 0 unspecified atom stereocenters. The van der Waals surface area contributed by atoms with E-state index < -0.39 is 39.9 Å². The summed E-state index contributed by atoms with van der Waals surface area (Å²) in [6.45, 7) is 5.38. The van der Waals surface area contributed by atoms with Crippen LogP contribution in [0, 0.1) is 28.6 Å². The Morgan fingerprint density at radius 1 is 1.36 bits per heavy atom. The summed E-state index contributed by atoms with van der Waals surface area (Å²) in [5.74, 6) is -2.03. The topological polar surface area (TPSA) is 74.6 Å². The lowest BCUT2D eigenvalue weighted by atomic mass is 9.44. The van der Waals surface area contributed by atoms with Crippen LogP contribution in [0.1, 0.15) is 46.5 Å². The summed E-state index contributed by atoms with van der Waals surface area (Å²) in [7, 11) is 0. The highest BCUT2D eigenvalue weighted by atomic mass is 35.5. The van der Waals surface area contributed by atoms with E-state index in [0.717, 1.165) is 5.57 Å². The SMILES string of the molecule is C[C@H]1C[C@H]2[C@@H]3CCC4=CC(=O)C=C[C@]4(C)[C@]3(F)[C@H](O)C[C@]2(C)[C@]1(O)C(=O)CCl. The molecule has 4 aliphatic carbocycles. The van der Waals surface area contributed by atoms with Crippen molar-refractivity contribution in [1.82, 2.24) is 0 Å². The minimum Gasteiger partial charge on any atom is -0.390 e. The third-order valence-corrected chi connectivity index (χ3v) is 9.01. The Labute approximate surface area is 169 Å². The van der Waals surface area contributed by atoms with Gasteiger partial charge in [0.15, 0.2) is 17.2 Å². The number of fused-ring (bicyclic) bond motifs is 5. The smallest absolute Gasteiger partial charge is 0.179 e. The molecule has 0 amide bonds. The molecule has 0 bridgehead atoms. The molecule has 3 fully saturated rings. The first-order valence-corrected chi connectivity index (χ1v) is 10.6. The number of hydrogen-bond donors (Lipinski definition) is 2. The van der Waals surface area contributed by atoms with Gasteiger partial charge in [0.1, 0.15) is 5.60 Å². The predicted molar refractivity (Wildman–Crippen MR) is 104 cm³/mol. The zero-order valence-electron chi connectivity index (χ0n) is 16.5. The number of halogens is 2. The fourth-order valence-electron chi connectivity index (χ4n) is 7.24. The van der Waals surface area contributed by atoms with E-state index >= 15 is 4.39 Å². The number of rotatable bonds is 2. The summed E-state index contributed by atoms with van der Waals surface area (Å²) in [6, 6.07) is 0. The zero-order chi connectivity index (χ0) is 20.7. The minimum atomic E-state index is -1.95. The van der Waals surface area contributed by atoms with Crippen LogP contribution >= 0.6 is 11.6 Å². The predicted octanol–water partition coefficient (Wildman–Crippen LogP) is 3.14. The Morgan fingerprint density at radius 3 is 2.68 bits per heavy atom. The van der Waals surface area contributed by atoms with Gasteiger partial charge in [0.2, 0.25) is 0 Å². The van der Waals surface area contributed by atoms with Crippen LogP contribution in [0.2, 0.25) is 0 Å². The molecule has 8 atom stereocenters. The van der Waals surface area contributed by atoms with Crippen LogP contribution in [0.25, 0.3) is 0 Å². The Kier molecular flexibility index (Phi) is 4.33. The lowest BCUT2D eigenvalue weighted by Gasteiger charge is -2.62. The minimum absolute atomic E-state index is 0.0151. The van der Waals surface area contributed by atoms with E-state index in [-0.39, 0.29) is 29.9 Å². The molecule has 4 rings (SSSR count). The van der Waals surface area contributed by atoms with Crippen LogP contribution < -0.4 is 0 Å². The standard InChI is InChI=1S/C22H28ClFO4/c1-12-8-16-15-5-4-13-9-14(25)6-7-19(13,2)21(15,24)17(26)10-20(16,3)22(12,28)18(27)11-23/h6-7,9,12,15-17,26,28H,4-5,8,10-11H2,1-3H3/t12-,15-,16-,17+,19-,20-,21+,22+/m0/s1. The molecule has 0 saturated heterocycles.